The van der Waals surface area contributed by atoms with Gasteiger partial charge in [-0.15, -0.1) is 0 Å². The number of hydrogen-bond donors (Lipinski definition) is 0. The number of allylic oxidation sites excluding steroid dienone is 1. The minimum absolute atomic E-state index is 0.197. The van der Waals surface area contributed by atoms with Crippen LogP contribution < -0.4 is 24.4 Å². The zero-order chi connectivity index (χ0) is 23.5. The second kappa shape index (κ2) is 9.41. The van der Waals surface area contributed by atoms with Gasteiger partial charge in [-0.2, -0.15) is 0 Å². The van der Waals surface area contributed by atoms with E-state index in [1.54, 1.807) is 63.7 Å². The number of carbonyl (C=O) groups excluding carboxylic acids is 1. The van der Waals surface area contributed by atoms with E-state index in [1.807, 2.05) is 6.07 Å². The van der Waals surface area contributed by atoms with Gasteiger partial charge in [0, 0.05) is 18.0 Å². The fraction of sp³-hybridized carbons (Fsp3) is 0.250. The number of benzene rings is 1. The lowest BCUT2D eigenvalue weighted by Crippen LogP contribution is -2.40. The number of methoxy groups -OCH3 is 2. The molecular weight excluding hydrogens is 442 g/mol. The predicted molar refractivity (Wildman–Crippen MR) is 124 cm³/mol. The molecule has 0 radical (unpaired) electrons. The van der Waals surface area contributed by atoms with Crippen LogP contribution in [-0.2, 0) is 9.53 Å². The van der Waals surface area contributed by atoms with E-state index in [9.17, 15) is 9.59 Å². The molecule has 33 heavy (non-hydrogen) atoms. The zero-order valence-electron chi connectivity index (χ0n) is 18.7. The van der Waals surface area contributed by atoms with Gasteiger partial charge in [-0.25, -0.2) is 9.79 Å². The van der Waals surface area contributed by atoms with E-state index in [0.717, 1.165) is 5.56 Å². The third-order valence-corrected chi connectivity index (χ3v) is 6.21. The monoisotopic (exact) mass is 465 g/mol. The molecule has 0 amide bonds. The quantitative estimate of drug-likeness (QED) is 0.519. The summed E-state index contributed by atoms with van der Waals surface area (Å²) in [7, 11) is 3.09. The van der Waals surface area contributed by atoms with E-state index in [4.69, 9.17) is 14.2 Å². The van der Waals surface area contributed by atoms with E-state index in [-0.39, 0.29) is 17.7 Å². The fourth-order valence-corrected chi connectivity index (χ4v) is 4.80. The fourth-order valence-electron chi connectivity index (χ4n) is 3.75. The van der Waals surface area contributed by atoms with Crippen molar-refractivity contribution in [1.29, 1.82) is 0 Å². The molecule has 1 aliphatic rings. The van der Waals surface area contributed by atoms with Crippen molar-refractivity contribution in [3.63, 3.8) is 0 Å². The second-order valence-corrected chi connectivity index (χ2v) is 8.21. The van der Waals surface area contributed by atoms with Gasteiger partial charge < -0.3 is 14.2 Å². The number of fused-ring (bicyclic) bond motifs is 1. The standard InChI is InChI=1S/C24H23N3O5S/c1-5-32-23(29)20-14(2)26-24-27(21(20)17-12-16(30-3)8-9-18(17)31-4)22(28)19(33-24)11-15-7-6-10-25-13-15/h6-13,21H,5H2,1-4H3/b19-11-. The smallest absolute Gasteiger partial charge is 0.338 e. The molecule has 0 N–H and O–H groups in total. The van der Waals surface area contributed by atoms with Crippen molar-refractivity contribution in [2.75, 3.05) is 20.8 Å². The number of pyridine rings is 1. The minimum Gasteiger partial charge on any atom is -0.497 e. The van der Waals surface area contributed by atoms with Crippen LogP contribution in [0.1, 0.15) is 31.0 Å². The summed E-state index contributed by atoms with van der Waals surface area (Å²) in [5.41, 5.74) is 1.89. The first-order valence-corrected chi connectivity index (χ1v) is 11.1. The molecule has 0 saturated carbocycles. The molecule has 3 heterocycles. The molecule has 0 aliphatic carbocycles. The van der Waals surface area contributed by atoms with Crippen molar-refractivity contribution in [2.24, 2.45) is 4.99 Å². The molecule has 1 aliphatic heterocycles. The molecule has 4 rings (SSSR count). The van der Waals surface area contributed by atoms with Gasteiger partial charge in [0.05, 0.1) is 36.6 Å². The van der Waals surface area contributed by atoms with Crippen molar-refractivity contribution < 1.29 is 19.0 Å². The lowest BCUT2D eigenvalue weighted by atomic mass is 9.94. The number of rotatable bonds is 6. The minimum atomic E-state index is -0.790. The van der Waals surface area contributed by atoms with Crippen LogP contribution >= 0.6 is 11.3 Å². The molecule has 1 aromatic carbocycles. The molecule has 2 aromatic heterocycles. The molecule has 0 fully saturated rings. The summed E-state index contributed by atoms with van der Waals surface area (Å²) in [6, 6.07) is 8.15. The van der Waals surface area contributed by atoms with Gasteiger partial charge in [0.25, 0.3) is 5.56 Å². The summed E-state index contributed by atoms with van der Waals surface area (Å²) in [5, 5.41) is 0. The normalized spacial score (nSPS) is 15.6. The van der Waals surface area contributed by atoms with Crippen LogP contribution in [0.25, 0.3) is 6.08 Å². The lowest BCUT2D eigenvalue weighted by molar-refractivity contribution is -0.139. The van der Waals surface area contributed by atoms with E-state index >= 15 is 0 Å². The summed E-state index contributed by atoms with van der Waals surface area (Å²) in [6.45, 7) is 3.67. The lowest BCUT2D eigenvalue weighted by Gasteiger charge is -2.26. The summed E-state index contributed by atoms with van der Waals surface area (Å²) < 4.78 is 18.3. The van der Waals surface area contributed by atoms with Crippen molar-refractivity contribution in [1.82, 2.24) is 9.55 Å². The zero-order valence-corrected chi connectivity index (χ0v) is 19.5. The summed E-state index contributed by atoms with van der Waals surface area (Å²) in [6.07, 6.45) is 5.11. The SMILES string of the molecule is CCOC(=O)C1=C(C)N=c2s/c(=C\c3cccnc3)c(=O)n2C1c1cc(OC)ccc1OC. The number of carbonyl (C=O) groups is 1. The number of hydrogen-bond acceptors (Lipinski definition) is 8. The molecule has 0 bridgehead atoms. The van der Waals surface area contributed by atoms with Crippen molar-refractivity contribution in [2.45, 2.75) is 19.9 Å². The first kappa shape index (κ1) is 22.5. The maximum atomic E-state index is 13.6. The molecule has 0 spiro atoms. The topological polar surface area (TPSA) is 92.0 Å². The van der Waals surface area contributed by atoms with Crippen LogP contribution in [0.15, 0.2) is 63.8 Å². The molecule has 8 nitrogen and oxygen atoms in total. The average molecular weight is 466 g/mol. The van der Waals surface area contributed by atoms with Gasteiger partial charge in [0.2, 0.25) is 0 Å². The molecule has 0 saturated heterocycles. The Morgan fingerprint density at radius 3 is 2.73 bits per heavy atom. The number of nitrogens with zero attached hydrogens (tertiary/aromatic N) is 3. The van der Waals surface area contributed by atoms with E-state index < -0.39 is 12.0 Å². The Hall–Kier alpha value is -3.72. The Morgan fingerprint density at radius 2 is 2.06 bits per heavy atom. The first-order chi connectivity index (χ1) is 16.0. The Morgan fingerprint density at radius 1 is 1.24 bits per heavy atom. The molecule has 1 atom stereocenters. The number of thiazole rings is 1. The van der Waals surface area contributed by atoms with Crippen LogP contribution in [0.2, 0.25) is 0 Å². The van der Waals surface area contributed by atoms with Crippen LogP contribution in [0.3, 0.4) is 0 Å². The van der Waals surface area contributed by atoms with E-state index in [1.165, 1.54) is 23.0 Å². The number of esters is 1. The third kappa shape index (κ3) is 4.19. The highest BCUT2D eigenvalue weighted by Gasteiger charge is 2.35. The highest BCUT2D eigenvalue weighted by atomic mass is 32.1. The number of aromatic nitrogens is 2. The largest absolute Gasteiger partial charge is 0.497 e. The highest BCUT2D eigenvalue weighted by Crippen LogP contribution is 2.37. The Labute approximate surface area is 194 Å². The first-order valence-electron chi connectivity index (χ1n) is 10.3. The van der Waals surface area contributed by atoms with Crippen molar-refractivity contribution in [3.8, 4) is 11.5 Å². The molecule has 170 valence electrons. The van der Waals surface area contributed by atoms with Crippen molar-refractivity contribution in [3.05, 3.63) is 84.8 Å². The molecular formula is C24H23N3O5S. The summed E-state index contributed by atoms with van der Waals surface area (Å²) in [4.78, 5) is 35.8. The molecule has 1 unspecified atom stereocenters. The van der Waals surface area contributed by atoms with E-state index in [0.29, 0.717) is 32.1 Å². The highest BCUT2D eigenvalue weighted by molar-refractivity contribution is 7.07. The number of ether oxygens (including phenoxy) is 3. The maximum Gasteiger partial charge on any atom is 0.338 e. The third-order valence-electron chi connectivity index (χ3n) is 5.23. The van der Waals surface area contributed by atoms with Gasteiger partial charge in [-0.05, 0) is 49.8 Å². The van der Waals surface area contributed by atoms with Gasteiger partial charge in [0.15, 0.2) is 4.80 Å². The molecule has 9 heteroatoms. The average Bonchev–Trinajstić information content (AvgIpc) is 3.12. The Balaban J connectivity index is 2.02. The van der Waals surface area contributed by atoms with Gasteiger partial charge >= 0.3 is 5.97 Å². The van der Waals surface area contributed by atoms with Crippen LogP contribution in [0.5, 0.6) is 11.5 Å². The Bertz CT molecular complexity index is 1410. The van der Waals surface area contributed by atoms with Gasteiger partial charge in [-0.3, -0.25) is 14.3 Å². The predicted octanol–water partition coefficient (Wildman–Crippen LogP) is 2.21. The van der Waals surface area contributed by atoms with Crippen LogP contribution in [-0.4, -0.2) is 36.3 Å². The van der Waals surface area contributed by atoms with Crippen LogP contribution in [0.4, 0.5) is 0 Å². The Kier molecular flexibility index (Phi) is 6.41. The maximum absolute atomic E-state index is 13.6. The van der Waals surface area contributed by atoms with Crippen LogP contribution in [0, 0.1) is 0 Å². The second-order valence-electron chi connectivity index (χ2n) is 7.20. The van der Waals surface area contributed by atoms with Gasteiger partial charge in [-0.1, -0.05) is 17.4 Å². The summed E-state index contributed by atoms with van der Waals surface area (Å²) >= 11 is 1.25. The van der Waals surface area contributed by atoms with E-state index in [2.05, 4.69) is 9.98 Å². The van der Waals surface area contributed by atoms with Gasteiger partial charge in [0.1, 0.15) is 17.5 Å². The summed E-state index contributed by atoms with van der Waals surface area (Å²) in [5.74, 6) is 0.551. The van der Waals surface area contributed by atoms with Crippen molar-refractivity contribution >= 4 is 23.4 Å². The molecule has 3 aromatic rings.